The molecule has 1 aromatic heterocycles. The lowest BCUT2D eigenvalue weighted by atomic mass is 10.2. The molecule has 2 aromatic carbocycles. The number of aryl methyl sites for hydroxylation is 1. The molecule has 0 fully saturated rings. The van der Waals surface area contributed by atoms with Gasteiger partial charge >= 0.3 is 0 Å². The van der Waals surface area contributed by atoms with Crippen LogP contribution < -0.4 is 4.90 Å². The number of fused-ring (bicyclic) bond motifs is 1. The van der Waals surface area contributed by atoms with E-state index in [2.05, 4.69) is 23.7 Å². The van der Waals surface area contributed by atoms with Crippen molar-refractivity contribution in [3.63, 3.8) is 0 Å². The average Bonchev–Trinajstić information content (AvgIpc) is 3.13. The van der Waals surface area contributed by atoms with Crippen molar-refractivity contribution in [2.75, 3.05) is 36.8 Å². The fourth-order valence-corrected chi connectivity index (χ4v) is 4.78. The van der Waals surface area contributed by atoms with Crippen molar-refractivity contribution in [1.82, 2.24) is 9.88 Å². The summed E-state index contributed by atoms with van der Waals surface area (Å²) in [4.78, 5) is 22.8. The monoisotopic (exact) mass is 467 g/mol. The van der Waals surface area contributed by atoms with Crippen LogP contribution in [0.25, 0.3) is 10.2 Å². The number of nitrogens with zero attached hydrogens (tertiary/aromatic N) is 3. The lowest BCUT2D eigenvalue weighted by molar-refractivity contribution is -0.116. The fraction of sp³-hybridized carbons (Fsp3) is 0.364. The van der Waals surface area contributed by atoms with E-state index in [1.807, 2.05) is 31.2 Å². The Kier molecular flexibility index (Phi) is 9.55. The van der Waals surface area contributed by atoms with Gasteiger partial charge in [-0.15, -0.1) is 24.2 Å². The van der Waals surface area contributed by atoms with Gasteiger partial charge < -0.3 is 4.90 Å². The first-order valence-electron chi connectivity index (χ1n) is 9.78. The van der Waals surface area contributed by atoms with Crippen molar-refractivity contribution in [2.45, 2.75) is 25.7 Å². The summed E-state index contributed by atoms with van der Waals surface area (Å²) in [6.45, 7) is 9.48. The highest BCUT2D eigenvalue weighted by Crippen LogP contribution is 2.30. The number of rotatable bonds is 9. The number of amides is 1. The molecule has 1 amide bonds. The molecular formula is C22H27ClFN3OS2. The molecule has 0 saturated heterocycles. The summed E-state index contributed by atoms with van der Waals surface area (Å²) in [7, 11) is 0. The van der Waals surface area contributed by atoms with Crippen molar-refractivity contribution >= 4 is 56.8 Å². The molecule has 0 atom stereocenters. The third kappa shape index (κ3) is 6.41. The summed E-state index contributed by atoms with van der Waals surface area (Å²) in [5.74, 6) is 0.0666. The van der Waals surface area contributed by atoms with Crippen LogP contribution >= 0.6 is 35.5 Å². The van der Waals surface area contributed by atoms with Crippen LogP contribution in [-0.4, -0.2) is 47.7 Å². The zero-order valence-corrected chi connectivity index (χ0v) is 19.9. The Morgan fingerprint density at radius 3 is 2.47 bits per heavy atom. The first-order chi connectivity index (χ1) is 14.0. The van der Waals surface area contributed by atoms with Crippen LogP contribution in [0.3, 0.4) is 0 Å². The molecule has 3 rings (SSSR count). The Labute approximate surface area is 191 Å². The fourth-order valence-electron chi connectivity index (χ4n) is 2.97. The largest absolute Gasteiger partial charge is 0.302 e. The number of aromatic nitrogens is 1. The Bertz CT molecular complexity index is 961. The SMILES string of the molecule is CCN(CC)CCN(C(=O)CSc1ccc(C)cc1)c1nc2ccc(F)cc2s1.Cl. The van der Waals surface area contributed by atoms with Crippen LogP contribution in [-0.2, 0) is 4.79 Å². The van der Waals surface area contributed by atoms with Gasteiger partial charge in [-0.1, -0.05) is 42.9 Å². The Morgan fingerprint density at radius 2 is 1.80 bits per heavy atom. The minimum Gasteiger partial charge on any atom is -0.302 e. The number of benzene rings is 2. The summed E-state index contributed by atoms with van der Waals surface area (Å²) in [5.41, 5.74) is 1.92. The van der Waals surface area contributed by atoms with E-state index in [9.17, 15) is 9.18 Å². The second kappa shape index (κ2) is 11.6. The number of carbonyl (C=O) groups excluding carboxylic acids is 1. The van der Waals surface area contributed by atoms with Gasteiger partial charge in [-0.2, -0.15) is 0 Å². The van der Waals surface area contributed by atoms with Crippen molar-refractivity contribution in [2.24, 2.45) is 0 Å². The van der Waals surface area contributed by atoms with Gasteiger partial charge in [-0.3, -0.25) is 9.69 Å². The molecule has 0 radical (unpaired) electrons. The second-order valence-electron chi connectivity index (χ2n) is 6.78. The number of carbonyl (C=O) groups is 1. The van der Waals surface area contributed by atoms with E-state index in [0.29, 0.717) is 17.4 Å². The lowest BCUT2D eigenvalue weighted by Crippen LogP contribution is -2.39. The summed E-state index contributed by atoms with van der Waals surface area (Å²) in [6, 6.07) is 12.7. The number of anilines is 1. The normalized spacial score (nSPS) is 11.0. The number of thiazole rings is 1. The van der Waals surface area contributed by atoms with Gasteiger partial charge in [0.1, 0.15) is 5.82 Å². The average molecular weight is 468 g/mol. The Balaban J connectivity index is 0.00000320. The molecular weight excluding hydrogens is 441 g/mol. The highest BCUT2D eigenvalue weighted by molar-refractivity contribution is 8.00. The molecule has 30 heavy (non-hydrogen) atoms. The summed E-state index contributed by atoms with van der Waals surface area (Å²) in [5, 5.41) is 0.632. The molecule has 0 saturated carbocycles. The highest BCUT2D eigenvalue weighted by atomic mass is 35.5. The predicted octanol–water partition coefficient (Wildman–Crippen LogP) is 5.63. The zero-order valence-electron chi connectivity index (χ0n) is 17.4. The summed E-state index contributed by atoms with van der Waals surface area (Å²) < 4.78 is 14.3. The van der Waals surface area contributed by atoms with Crippen LogP contribution in [0, 0.1) is 12.7 Å². The van der Waals surface area contributed by atoms with Gasteiger partial charge in [0.15, 0.2) is 5.13 Å². The third-order valence-corrected chi connectivity index (χ3v) is 6.83. The predicted molar refractivity (Wildman–Crippen MR) is 129 cm³/mol. The molecule has 0 aliphatic carbocycles. The lowest BCUT2D eigenvalue weighted by Gasteiger charge is -2.24. The standard InChI is InChI=1S/C22H26FN3OS2.ClH/c1-4-25(5-2)12-13-26(21(27)15-28-18-9-6-16(3)7-10-18)22-24-19-11-8-17(23)14-20(19)29-22;/h6-11,14H,4-5,12-13,15H2,1-3H3;1H. The Morgan fingerprint density at radius 1 is 1.10 bits per heavy atom. The van der Waals surface area contributed by atoms with Gasteiger partial charge in [-0.25, -0.2) is 9.37 Å². The van der Waals surface area contributed by atoms with E-state index in [0.717, 1.165) is 34.7 Å². The van der Waals surface area contributed by atoms with Crippen molar-refractivity contribution in [3.8, 4) is 0 Å². The number of halogens is 2. The maximum atomic E-state index is 13.6. The minimum atomic E-state index is -0.288. The van der Waals surface area contributed by atoms with Crippen molar-refractivity contribution in [3.05, 3.63) is 53.8 Å². The van der Waals surface area contributed by atoms with E-state index in [-0.39, 0.29) is 24.1 Å². The molecule has 8 heteroatoms. The first-order valence-corrected chi connectivity index (χ1v) is 11.6. The molecule has 0 bridgehead atoms. The van der Waals surface area contributed by atoms with Gasteiger partial charge in [-0.05, 0) is 50.3 Å². The maximum absolute atomic E-state index is 13.6. The number of likely N-dealkylation sites (N-methyl/N-ethyl adjacent to an activating group) is 1. The molecule has 0 spiro atoms. The van der Waals surface area contributed by atoms with Crippen LogP contribution in [0.5, 0.6) is 0 Å². The smallest absolute Gasteiger partial charge is 0.239 e. The molecule has 4 nitrogen and oxygen atoms in total. The van der Waals surface area contributed by atoms with E-state index in [1.165, 1.54) is 40.8 Å². The third-order valence-electron chi connectivity index (χ3n) is 4.79. The minimum absolute atomic E-state index is 0. The Hall–Kier alpha value is -1.67. The van der Waals surface area contributed by atoms with E-state index < -0.39 is 0 Å². The van der Waals surface area contributed by atoms with Crippen LogP contribution in [0.4, 0.5) is 9.52 Å². The molecule has 162 valence electrons. The topological polar surface area (TPSA) is 36.4 Å². The molecule has 0 aliphatic rings. The van der Waals surface area contributed by atoms with Crippen LogP contribution in [0.1, 0.15) is 19.4 Å². The zero-order chi connectivity index (χ0) is 20.8. The summed E-state index contributed by atoms with van der Waals surface area (Å²) in [6.07, 6.45) is 0. The number of hydrogen-bond acceptors (Lipinski definition) is 5. The molecule has 3 aromatic rings. The second-order valence-corrected chi connectivity index (χ2v) is 8.84. The van der Waals surface area contributed by atoms with Crippen LogP contribution in [0.15, 0.2) is 47.4 Å². The van der Waals surface area contributed by atoms with E-state index in [1.54, 1.807) is 11.0 Å². The molecule has 0 N–H and O–H groups in total. The van der Waals surface area contributed by atoms with Gasteiger partial charge in [0.2, 0.25) is 5.91 Å². The molecule has 1 heterocycles. The van der Waals surface area contributed by atoms with Gasteiger partial charge in [0.05, 0.1) is 16.0 Å². The highest BCUT2D eigenvalue weighted by Gasteiger charge is 2.21. The number of thioether (sulfide) groups is 1. The molecule has 0 aliphatic heterocycles. The van der Waals surface area contributed by atoms with Gasteiger partial charge in [0, 0.05) is 18.0 Å². The van der Waals surface area contributed by atoms with E-state index in [4.69, 9.17) is 0 Å². The van der Waals surface area contributed by atoms with Gasteiger partial charge in [0.25, 0.3) is 0 Å². The van der Waals surface area contributed by atoms with Crippen molar-refractivity contribution < 1.29 is 9.18 Å². The maximum Gasteiger partial charge on any atom is 0.239 e. The quantitative estimate of drug-likeness (QED) is 0.382. The number of hydrogen-bond donors (Lipinski definition) is 0. The van der Waals surface area contributed by atoms with Crippen LogP contribution in [0.2, 0.25) is 0 Å². The summed E-state index contributed by atoms with van der Waals surface area (Å²) >= 11 is 2.89. The van der Waals surface area contributed by atoms with E-state index >= 15 is 0 Å². The van der Waals surface area contributed by atoms with Crippen molar-refractivity contribution in [1.29, 1.82) is 0 Å². The first kappa shape index (κ1) is 24.6. The molecule has 0 unspecified atom stereocenters.